The number of amides is 4. The van der Waals surface area contributed by atoms with Crippen LogP contribution in [0.1, 0.15) is 11.1 Å². The average molecular weight is 287 g/mol. The number of benzene rings is 2. The van der Waals surface area contributed by atoms with Gasteiger partial charge in [0, 0.05) is 18.9 Å². The Morgan fingerprint density at radius 3 is 1.36 bits per heavy atom. The average Bonchev–Trinajstić information content (AvgIpc) is 2.49. The van der Waals surface area contributed by atoms with Crippen molar-refractivity contribution in [2.45, 2.75) is 5.41 Å². The van der Waals surface area contributed by atoms with Gasteiger partial charge < -0.3 is 0 Å². The van der Waals surface area contributed by atoms with Crippen LogP contribution in [-0.4, -0.2) is 36.7 Å². The summed E-state index contributed by atoms with van der Waals surface area (Å²) in [7, 11) is 0. The number of imide groups is 2. The molecule has 2 aromatic rings. The van der Waals surface area contributed by atoms with Crippen molar-refractivity contribution in [3.8, 4) is 0 Å². The number of urea groups is 1. The second kappa shape index (κ2) is 6.18. The van der Waals surface area contributed by atoms with E-state index in [9.17, 15) is 14.4 Å². The zero-order chi connectivity index (χ0) is 14.9. The van der Waals surface area contributed by atoms with Crippen LogP contribution in [0.25, 0.3) is 0 Å². The molecule has 105 valence electrons. The third kappa shape index (κ3) is 2.35. The quantitative estimate of drug-likeness (QED) is 0.638. The van der Waals surface area contributed by atoms with Crippen LogP contribution >= 0.6 is 0 Å². The van der Waals surface area contributed by atoms with Gasteiger partial charge in [-0.25, -0.2) is 4.79 Å². The van der Waals surface area contributed by atoms with Gasteiger partial charge >= 0.3 is 6.03 Å². The number of carbonyl (C=O) groups is 3. The Hall–Kier alpha value is -2.35. The van der Waals surface area contributed by atoms with Crippen LogP contribution in [0, 0.1) is 0 Å². The summed E-state index contributed by atoms with van der Waals surface area (Å²) in [6.07, 6.45) is 0. The van der Waals surface area contributed by atoms with E-state index in [0.717, 1.165) is 0 Å². The van der Waals surface area contributed by atoms with E-state index in [0.29, 0.717) is 11.1 Å². The van der Waals surface area contributed by atoms with Crippen LogP contribution in [0.3, 0.4) is 0 Å². The van der Waals surface area contributed by atoms with E-state index >= 15 is 0 Å². The van der Waals surface area contributed by atoms with Gasteiger partial charge in [-0.15, -0.1) is 0 Å². The summed E-state index contributed by atoms with van der Waals surface area (Å²) < 4.78 is 0. The Bertz CT molecular complexity index is 655. The Morgan fingerprint density at radius 1 is 0.636 bits per heavy atom. The maximum atomic E-state index is 12.5. The molecule has 1 aliphatic heterocycles. The summed E-state index contributed by atoms with van der Waals surface area (Å²) in [6, 6.07) is 16.6. The predicted octanol–water partition coefficient (Wildman–Crippen LogP) is 0.958. The number of carbonyl (C=O) groups excluding carboxylic acids is 3. The van der Waals surface area contributed by atoms with Gasteiger partial charge in [-0.3, -0.25) is 20.2 Å². The van der Waals surface area contributed by atoms with E-state index in [1.165, 1.54) is 0 Å². The molecule has 3 rings (SSSR count). The molecule has 0 aromatic heterocycles. The number of rotatable bonds is 2. The summed E-state index contributed by atoms with van der Waals surface area (Å²) in [5.74, 6) is -1.29. The monoisotopic (exact) mass is 287 g/mol. The zero-order valence-corrected chi connectivity index (χ0v) is 12.0. The van der Waals surface area contributed by atoms with E-state index in [-0.39, 0.29) is 18.9 Å². The Balaban J connectivity index is 0.00000176. The largest absolute Gasteiger partial charge is 0.328 e. The second-order valence-electron chi connectivity index (χ2n) is 4.72. The van der Waals surface area contributed by atoms with Gasteiger partial charge in [0.25, 0.3) is 11.8 Å². The fourth-order valence-electron chi connectivity index (χ4n) is 2.60. The molecule has 1 fully saturated rings. The number of hydrogen-bond acceptors (Lipinski definition) is 3. The van der Waals surface area contributed by atoms with Crippen molar-refractivity contribution >= 4 is 36.7 Å². The standard InChI is InChI=1S/C16H12N2O3.Li/c19-13-16(11-7-3-1-4-8-11,12-9-5-2-6-10-12)14(20)18-15(21)17-13;/h1-10H,(H2,17,18,19,20,21);. The van der Waals surface area contributed by atoms with Gasteiger partial charge in [-0.2, -0.15) is 0 Å². The number of barbiturate groups is 1. The van der Waals surface area contributed by atoms with Crippen LogP contribution in [0.5, 0.6) is 0 Å². The van der Waals surface area contributed by atoms with E-state index in [1.54, 1.807) is 60.7 Å². The Morgan fingerprint density at radius 2 is 1.00 bits per heavy atom. The molecular weight excluding hydrogens is 275 g/mol. The first-order valence-electron chi connectivity index (χ1n) is 6.43. The van der Waals surface area contributed by atoms with Crippen LogP contribution in [0.15, 0.2) is 60.7 Å². The fraction of sp³-hybridized carbons (Fsp3) is 0.0625. The van der Waals surface area contributed by atoms with Crippen LogP contribution < -0.4 is 10.6 Å². The zero-order valence-electron chi connectivity index (χ0n) is 12.0. The molecule has 5 nitrogen and oxygen atoms in total. The van der Waals surface area contributed by atoms with E-state index < -0.39 is 23.3 Å². The molecule has 22 heavy (non-hydrogen) atoms. The summed E-state index contributed by atoms with van der Waals surface area (Å²) in [4.78, 5) is 36.5. The van der Waals surface area contributed by atoms with Gasteiger partial charge in [-0.1, -0.05) is 60.7 Å². The molecule has 2 N–H and O–H groups in total. The van der Waals surface area contributed by atoms with Crippen molar-refractivity contribution in [1.82, 2.24) is 10.6 Å². The van der Waals surface area contributed by atoms with Crippen molar-refractivity contribution < 1.29 is 14.4 Å². The van der Waals surface area contributed by atoms with Gasteiger partial charge in [0.2, 0.25) is 0 Å². The summed E-state index contributed by atoms with van der Waals surface area (Å²) >= 11 is 0. The minimum absolute atomic E-state index is 0. The van der Waals surface area contributed by atoms with Crippen molar-refractivity contribution in [2.75, 3.05) is 0 Å². The second-order valence-corrected chi connectivity index (χ2v) is 4.72. The Kier molecular flexibility index (Phi) is 4.50. The number of nitrogens with one attached hydrogen (secondary N) is 2. The normalized spacial score (nSPS) is 16.3. The molecule has 0 atom stereocenters. The first-order valence-corrected chi connectivity index (χ1v) is 6.43. The van der Waals surface area contributed by atoms with Crippen molar-refractivity contribution in [3.63, 3.8) is 0 Å². The van der Waals surface area contributed by atoms with Crippen molar-refractivity contribution in [2.24, 2.45) is 0 Å². The molecular formula is C16H12LiN2O3. The van der Waals surface area contributed by atoms with Gasteiger partial charge in [-0.05, 0) is 11.1 Å². The van der Waals surface area contributed by atoms with E-state index in [1.807, 2.05) is 0 Å². The molecule has 0 aliphatic carbocycles. The molecule has 0 bridgehead atoms. The predicted molar refractivity (Wildman–Crippen MR) is 81.1 cm³/mol. The molecule has 0 saturated carbocycles. The third-order valence-corrected chi connectivity index (χ3v) is 3.55. The minimum Gasteiger partial charge on any atom is -0.276 e. The fourth-order valence-corrected chi connectivity index (χ4v) is 2.60. The van der Waals surface area contributed by atoms with Crippen molar-refractivity contribution in [1.29, 1.82) is 0 Å². The van der Waals surface area contributed by atoms with E-state index in [2.05, 4.69) is 10.6 Å². The molecule has 6 heteroatoms. The molecule has 1 saturated heterocycles. The summed E-state index contributed by atoms with van der Waals surface area (Å²) in [5, 5.41) is 4.38. The smallest absolute Gasteiger partial charge is 0.276 e. The third-order valence-electron chi connectivity index (χ3n) is 3.55. The van der Waals surface area contributed by atoms with Crippen molar-refractivity contribution in [3.05, 3.63) is 71.8 Å². The van der Waals surface area contributed by atoms with Gasteiger partial charge in [0.05, 0.1) is 0 Å². The van der Waals surface area contributed by atoms with Crippen LogP contribution in [0.4, 0.5) is 4.79 Å². The topological polar surface area (TPSA) is 75.3 Å². The molecule has 0 spiro atoms. The first kappa shape index (κ1) is 16.0. The SMILES string of the molecule is O=C1NC(=O)C(c2ccccc2)(c2ccccc2)C(=O)N1.[Li]. The molecule has 1 aliphatic rings. The Labute approximate surface area is 139 Å². The van der Waals surface area contributed by atoms with Crippen LogP contribution in [0.2, 0.25) is 0 Å². The minimum atomic E-state index is -1.56. The van der Waals surface area contributed by atoms with E-state index in [4.69, 9.17) is 0 Å². The van der Waals surface area contributed by atoms with Crippen LogP contribution in [-0.2, 0) is 15.0 Å². The summed E-state index contributed by atoms with van der Waals surface area (Å²) in [5.41, 5.74) is -0.534. The first-order chi connectivity index (χ1) is 10.2. The number of hydrogen-bond donors (Lipinski definition) is 2. The molecule has 4 amide bonds. The maximum absolute atomic E-state index is 12.5. The maximum Gasteiger partial charge on any atom is 0.328 e. The molecule has 1 heterocycles. The molecule has 1 radical (unpaired) electrons. The van der Waals surface area contributed by atoms with Gasteiger partial charge in [0.15, 0.2) is 5.41 Å². The van der Waals surface area contributed by atoms with Gasteiger partial charge in [0.1, 0.15) is 0 Å². The molecule has 2 aromatic carbocycles. The molecule has 0 unspecified atom stereocenters. The summed E-state index contributed by atoms with van der Waals surface area (Å²) in [6.45, 7) is 0.